The Labute approximate surface area is 104 Å². The molecule has 2 amide bonds. The summed E-state index contributed by atoms with van der Waals surface area (Å²) in [6.45, 7) is 11.7. The second-order valence-corrected chi connectivity index (χ2v) is 6.13. The summed E-state index contributed by atoms with van der Waals surface area (Å²) in [5.74, 6) is 0.501. The van der Waals surface area contributed by atoms with Crippen LogP contribution in [-0.4, -0.2) is 46.8 Å². The Morgan fingerprint density at radius 3 is 2.29 bits per heavy atom. The van der Waals surface area contributed by atoms with Crippen LogP contribution in [0.25, 0.3) is 0 Å². The van der Waals surface area contributed by atoms with E-state index in [0.29, 0.717) is 25.4 Å². The van der Waals surface area contributed by atoms with Gasteiger partial charge in [-0.2, -0.15) is 0 Å². The fourth-order valence-electron chi connectivity index (χ4n) is 2.07. The molecule has 0 unspecified atom stereocenters. The van der Waals surface area contributed by atoms with Crippen molar-refractivity contribution < 1.29 is 9.59 Å². The monoisotopic (exact) mass is 240 g/mol. The molecule has 1 heterocycles. The van der Waals surface area contributed by atoms with Crippen LogP contribution in [0.5, 0.6) is 0 Å². The van der Waals surface area contributed by atoms with Crippen molar-refractivity contribution in [2.24, 2.45) is 5.92 Å². The molecular weight excluding hydrogens is 216 g/mol. The van der Waals surface area contributed by atoms with Crippen molar-refractivity contribution in [2.75, 3.05) is 19.6 Å². The molecule has 4 nitrogen and oxygen atoms in total. The first-order valence-electron chi connectivity index (χ1n) is 6.30. The second-order valence-electron chi connectivity index (χ2n) is 6.13. The third-order valence-electron chi connectivity index (χ3n) is 2.97. The zero-order chi connectivity index (χ0) is 13.2. The summed E-state index contributed by atoms with van der Waals surface area (Å²) in [7, 11) is 0. The largest absolute Gasteiger partial charge is 0.335 e. The van der Waals surface area contributed by atoms with Crippen LogP contribution in [0.4, 0.5) is 0 Å². The van der Waals surface area contributed by atoms with Gasteiger partial charge in [0.2, 0.25) is 11.8 Å². The van der Waals surface area contributed by atoms with E-state index in [1.807, 2.05) is 39.5 Å². The average Bonchev–Trinajstić information content (AvgIpc) is 2.14. The van der Waals surface area contributed by atoms with Crippen molar-refractivity contribution in [3.05, 3.63) is 0 Å². The molecule has 0 N–H and O–H groups in total. The Hall–Kier alpha value is -1.06. The molecule has 1 fully saturated rings. The standard InChI is InChI=1S/C13H24N2O2/c1-10(2)8-11(16)14-6-7-15(12(17)9-14)13(3,4)5/h10H,6-9H2,1-5H3. The smallest absolute Gasteiger partial charge is 0.242 e. The van der Waals surface area contributed by atoms with Crippen molar-refractivity contribution in [1.29, 1.82) is 0 Å². The summed E-state index contributed by atoms with van der Waals surface area (Å²) in [4.78, 5) is 27.4. The van der Waals surface area contributed by atoms with Gasteiger partial charge in [0, 0.05) is 25.0 Å². The SMILES string of the molecule is CC(C)CC(=O)N1CCN(C(C)(C)C)C(=O)C1. The molecule has 1 aliphatic rings. The minimum Gasteiger partial charge on any atom is -0.335 e. The summed E-state index contributed by atoms with van der Waals surface area (Å²) in [5.41, 5.74) is -0.149. The maximum Gasteiger partial charge on any atom is 0.242 e. The van der Waals surface area contributed by atoms with E-state index < -0.39 is 0 Å². The van der Waals surface area contributed by atoms with Crippen LogP contribution < -0.4 is 0 Å². The molecule has 0 atom stereocenters. The van der Waals surface area contributed by atoms with Gasteiger partial charge in [-0.1, -0.05) is 13.8 Å². The van der Waals surface area contributed by atoms with Crippen LogP contribution in [0.1, 0.15) is 41.0 Å². The molecule has 17 heavy (non-hydrogen) atoms. The first-order valence-corrected chi connectivity index (χ1v) is 6.30. The van der Waals surface area contributed by atoms with Crippen molar-refractivity contribution in [1.82, 2.24) is 9.80 Å². The van der Waals surface area contributed by atoms with Gasteiger partial charge in [0.15, 0.2) is 0 Å². The highest BCUT2D eigenvalue weighted by molar-refractivity contribution is 5.86. The number of piperazine rings is 1. The van der Waals surface area contributed by atoms with Crippen molar-refractivity contribution in [3.8, 4) is 0 Å². The molecule has 0 aromatic carbocycles. The predicted molar refractivity (Wildman–Crippen MR) is 67.5 cm³/mol. The van der Waals surface area contributed by atoms with Gasteiger partial charge >= 0.3 is 0 Å². The Morgan fingerprint density at radius 1 is 1.29 bits per heavy atom. The summed E-state index contributed by atoms with van der Waals surface area (Å²) in [6, 6.07) is 0. The van der Waals surface area contributed by atoms with Gasteiger partial charge in [-0.15, -0.1) is 0 Å². The molecule has 1 aliphatic heterocycles. The van der Waals surface area contributed by atoms with Crippen LogP contribution >= 0.6 is 0 Å². The van der Waals surface area contributed by atoms with E-state index in [-0.39, 0.29) is 23.9 Å². The molecule has 0 spiro atoms. The average molecular weight is 240 g/mol. The summed E-state index contributed by atoms with van der Waals surface area (Å²) >= 11 is 0. The summed E-state index contributed by atoms with van der Waals surface area (Å²) in [5, 5.41) is 0. The number of amides is 2. The first kappa shape index (κ1) is 14.0. The Bertz CT molecular complexity index is 305. The lowest BCUT2D eigenvalue weighted by molar-refractivity contribution is -0.149. The van der Waals surface area contributed by atoms with Crippen LogP contribution in [0, 0.1) is 5.92 Å². The van der Waals surface area contributed by atoms with Gasteiger partial charge in [0.05, 0.1) is 6.54 Å². The molecule has 0 saturated carbocycles. The minimum absolute atomic E-state index is 0.0563. The molecule has 1 saturated heterocycles. The molecule has 0 bridgehead atoms. The lowest BCUT2D eigenvalue weighted by Crippen LogP contribution is -2.58. The molecule has 0 aliphatic carbocycles. The number of carbonyl (C=O) groups is 2. The highest BCUT2D eigenvalue weighted by Crippen LogP contribution is 2.17. The third-order valence-corrected chi connectivity index (χ3v) is 2.97. The van der Waals surface area contributed by atoms with E-state index in [4.69, 9.17) is 0 Å². The van der Waals surface area contributed by atoms with E-state index >= 15 is 0 Å². The predicted octanol–water partition coefficient (Wildman–Crippen LogP) is 1.50. The van der Waals surface area contributed by atoms with E-state index in [2.05, 4.69) is 0 Å². The number of hydrogen-bond donors (Lipinski definition) is 0. The molecule has 98 valence electrons. The van der Waals surface area contributed by atoms with E-state index in [1.54, 1.807) is 4.90 Å². The maximum atomic E-state index is 12.0. The third kappa shape index (κ3) is 3.72. The van der Waals surface area contributed by atoms with Gasteiger partial charge in [0.25, 0.3) is 0 Å². The Kier molecular flexibility index (Phi) is 4.17. The highest BCUT2D eigenvalue weighted by Gasteiger charge is 2.33. The zero-order valence-corrected chi connectivity index (χ0v) is 11.6. The number of nitrogens with zero attached hydrogens (tertiary/aromatic N) is 2. The van der Waals surface area contributed by atoms with E-state index in [9.17, 15) is 9.59 Å². The summed E-state index contributed by atoms with van der Waals surface area (Å²) < 4.78 is 0. The number of hydrogen-bond acceptors (Lipinski definition) is 2. The fourth-order valence-corrected chi connectivity index (χ4v) is 2.07. The molecular formula is C13H24N2O2. The van der Waals surface area contributed by atoms with Crippen molar-refractivity contribution in [3.63, 3.8) is 0 Å². The van der Waals surface area contributed by atoms with Gasteiger partial charge < -0.3 is 9.80 Å². The van der Waals surface area contributed by atoms with Gasteiger partial charge in [0.1, 0.15) is 0 Å². The molecule has 1 rings (SSSR count). The minimum atomic E-state index is -0.149. The summed E-state index contributed by atoms with van der Waals surface area (Å²) in [6.07, 6.45) is 0.531. The lowest BCUT2D eigenvalue weighted by atomic mass is 10.0. The Balaban J connectivity index is 2.58. The normalized spacial score (nSPS) is 17.9. The van der Waals surface area contributed by atoms with Crippen molar-refractivity contribution in [2.45, 2.75) is 46.6 Å². The second kappa shape index (κ2) is 5.07. The van der Waals surface area contributed by atoms with E-state index in [1.165, 1.54) is 0 Å². The lowest BCUT2D eigenvalue weighted by Gasteiger charge is -2.42. The van der Waals surface area contributed by atoms with Gasteiger partial charge in [-0.3, -0.25) is 9.59 Å². The topological polar surface area (TPSA) is 40.6 Å². The molecule has 0 aromatic rings. The van der Waals surface area contributed by atoms with Crippen LogP contribution in [0.2, 0.25) is 0 Å². The highest BCUT2D eigenvalue weighted by atomic mass is 16.2. The van der Waals surface area contributed by atoms with Crippen LogP contribution in [0.3, 0.4) is 0 Å². The van der Waals surface area contributed by atoms with Crippen LogP contribution in [-0.2, 0) is 9.59 Å². The van der Waals surface area contributed by atoms with E-state index in [0.717, 1.165) is 0 Å². The number of rotatable bonds is 2. The first-order chi connectivity index (χ1) is 7.71. The Morgan fingerprint density at radius 2 is 1.88 bits per heavy atom. The number of carbonyl (C=O) groups excluding carboxylic acids is 2. The molecule has 0 radical (unpaired) electrons. The molecule has 4 heteroatoms. The fraction of sp³-hybridized carbons (Fsp3) is 0.846. The maximum absolute atomic E-state index is 12.0. The molecule has 0 aromatic heterocycles. The van der Waals surface area contributed by atoms with Gasteiger partial charge in [-0.05, 0) is 26.7 Å². The zero-order valence-electron chi connectivity index (χ0n) is 11.6. The quantitative estimate of drug-likeness (QED) is 0.734. The van der Waals surface area contributed by atoms with Gasteiger partial charge in [-0.25, -0.2) is 0 Å². The van der Waals surface area contributed by atoms with Crippen molar-refractivity contribution >= 4 is 11.8 Å². The van der Waals surface area contributed by atoms with Crippen LogP contribution in [0.15, 0.2) is 0 Å².